The number of aliphatic hydroxyl groups excluding tert-OH is 1. The number of aryl methyl sites for hydroxylation is 2. The number of carbonyl (C=O) groups is 1. The number of aromatic nitrogens is 3. The molecule has 2 heterocycles. The second-order valence-electron chi connectivity index (χ2n) is 5.55. The van der Waals surface area contributed by atoms with E-state index < -0.39 is 0 Å². The number of aliphatic hydroxyl groups is 1. The quantitative estimate of drug-likeness (QED) is 0.874. The molecule has 1 atom stereocenters. The third-order valence-electron chi connectivity index (χ3n) is 3.94. The Hall–Kier alpha value is -2.15. The molecule has 2 N–H and O–H groups in total. The fourth-order valence-corrected chi connectivity index (χ4v) is 2.70. The molecule has 1 aliphatic rings. The van der Waals surface area contributed by atoms with E-state index in [1.165, 1.54) is 6.39 Å². The zero-order chi connectivity index (χ0) is 15.0. The van der Waals surface area contributed by atoms with Crippen LogP contribution in [-0.4, -0.2) is 31.9 Å². The lowest BCUT2D eigenvalue weighted by atomic mass is 9.75. The van der Waals surface area contributed by atoms with Crippen LogP contribution in [0.25, 0.3) is 0 Å². The Morgan fingerprint density at radius 3 is 2.86 bits per heavy atom. The van der Waals surface area contributed by atoms with Gasteiger partial charge in [0.2, 0.25) is 5.76 Å². The topological polar surface area (TPSA) is 93.2 Å². The molecule has 1 saturated carbocycles. The third kappa shape index (κ3) is 2.69. The van der Waals surface area contributed by atoms with E-state index in [0.29, 0.717) is 18.5 Å². The van der Waals surface area contributed by atoms with Gasteiger partial charge in [-0.2, -0.15) is 5.10 Å². The fraction of sp³-hybridized carbons (Fsp3) is 0.500. The predicted octanol–water partition coefficient (Wildman–Crippen LogP) is 0.959. The van der Waals surface area contributed by atoms with Crippen LogP contribution in [0.4, 0.5) is 0 Å². The van der Waals surface area contributed by atoms with Crippen molar-refractivity contribution in [2.45, 2.75) is 31.9 Å². The van der Waals surface area contributed by atoms with Crippen molar-refractivity contribution in [3.8, 4) is 0 Å². The Labute approximate surface area is 122 Å². The lowest BCUT2D eigenvalue weighted by Crippen LogP contribution is -2.41. The summed E-state index contributed by atoms with van der Waals surface area (Å²) < 4.78 is 6.82. The second-order valence-corrected chi connectivity index (χ2v) is 5.55. The maximum Gasteiger partial charge on any atom is 0.289 e. The molecular weight excluding hydrogens is 272 g/mol. The molecule has 7 heteroatoms. The SMILES string of the molecule is Cc1ncoc1C(=O)NC(c1cnn(C)c1)C1CC(O)C1. The van der Waals surface area contributed by atoms with E-state index in [-0.39, 0.29) is 29.7 Å². The minimum Gasteiger partial charge on any atom is -0.438 e. The van der Waals surface area contributed by atoms with E-state index in [0.717, 1.165) is 5.56 Å². The molecule has 0 aliphatic heterocycles. The summed E-state index contributed by atoms with van der Waals surface area (Å²) in [5, 5.41) is 16.6. The molecule has 7 nitrogen and oxygen atoms in total. The van der Waals surface area contributed by atoms with Crippen molar-refractivity contribution in [3.63, 3.8) is 0 Å². The van der Waals surface area contributed by atoms with Gasteiger partial charge in [-0.1, -0.05) is 0 Å². The van der Waals surface area contributed by atoms with Gasteiger partial charge in [0, 0.05) is 18.8 Å². The van der Waals surface area contributed by atoms with E-state index in [2.05, 4.69) is 15.4 Å². The summed E-state index contributed by atoms with van der Waals surface area (Å²) in [6.45, 7) is 1.73. The third-order valence-corrected chi connectivity index (χ3v) is 3.94. The fourth-order valence-electron chi connectivity index (χ4n) is 2.70. The van der Waals surface area contributed by atoms with Crippen LogP contribution in [0.1, 0.15) is 40.7 Å². The summed E-state index contributed by atoms with van der Waals surface area (Å²) in [7, 11) is 1.83. The van der Waals surface area contributed by atoms with E-state index in [1.54, 1.807) is 17.8 Å². The molecular formula is C14H18N4O3. The highest BCUT2D eigenvalue weighted by molar-refractivity contribution is 5.92. The molecule has 0 spiro atoms. The Kier molecular flexibility index (Phi) is 3.50. The van der Waals surface area contributed by atoms with Crippen LogP contribution in [0.5, 0.6) is 0 Å². The van der Waals surface area contributed by atoms with Crippen LogP contribution in [0, 0.1) is 12.8 Å². The van der Waals surface area contributed by atoms with Crippen LogP contribution in [-0.2, 0) is 7.05 Å². The normalized spacial score (nSPS) is 22.6. The number of carbonyl (C=O) groups excluding carboxylic acids is 1. The first-order valence-corrected chi connectivity index (χ1v) is 6.92. The van der Waals surface area contributed by atoms with Crippen molar-refractivity contribution in [1.82, 2.24) is 20.1 Å². The van der Waals surface area contributed by atoms with E-state index in [9.17, 15) is 9.90 Å². The van der Waals surface area contributed by atoms with Crippen molar-refractivity contribution in [3.05, 3.63) is 35.8 Å². The highest BCUT2D eigenvalue weighted by atomic mass is 16.3. The monoisotopic (exact) mass is 290 g/mol. The molecule has 21 heavy (non-hydrogen) atoms. The molecule has 1 fully saturated rings. The van der Waals surface area contributed by atoms with Gasteiger partial charge in [0.1, 0.15) is 0 Å². The molecule has 0 bridgehead atoms. The first kappa shape index (κ1) is 13.8. The average Bonchev–Trinajstić information content (AvgIpc) is 3.01. The molecule has 1 aliphatic carbocycles. The van der Waals surface area contributed by atoms with Gasteiger partial charge in [0.15, 0.2) is 6.39 Å². The van der Waals surface area contributed by atoms with Crippen LogP contribution in [0.15, 0.2) is 23.2 Å². The maximum atomic E-state index is 12.3. The van der Waals surface area contributed by atoms with Crippen LogP contribution in [0.3, 0.4) is 0 Å². The smallest absolute Gasteiger partial charge is 0.289 e. The summed E-state index contributed by atoms with van der Waals surface area (Å²) in [5.41, 5.74) is 1.49. The van der Waals surface area contributed by atoms with Crippen molar-refractivity contribution < 1.29 is 14.3 Å². The Balaban J connectivity index is 1.79. The lowest BCUT2D eigenvalue weighted by Gasteiger charge is -2.37. The molecule has 2 aromatic rings. The maximum absolute atomic E-state index is 12.3. The average molecular weight is 290 g/mol. The molecule has 0 radical (unpaired) electrons. The van der Waals surface area contributed by atoms with Gasteiger partial charge in [-0.05, 0) is 25.7 Å². The van der Waals surface area contributed by atoms with Gasteiger partial charge in [0.05, 0.1) is 24.0 Å². The molecule has 0 aromatic carbocycles. The molecule has 3 rings (SSSR count). The molecule has 2 aromatic heterocycles. The van der Waals surface area contributed by atoms with Gasteiger partial charge in [-0.25, -0.2) is 4.98 Å². The summed E-state index contributed by atoms with van der Waals surface area (Å²) in [4.78, 5) is 16.2. The number of nitrogens with one attached hydrogen (secondary N) is 1. The summed E-state index contributed by atoms with van der Waals surface area (Å²) in [6, 6.07) is -0.181. The zero-order valence-electron chi connectivity index (χ0n) is 12.0. The van der Waals surface area contributed by atoms with Crippen molar-refractivity contribution in [1.29, 1.82) is 0 Å². The molecule has 1 amide bonds. The van der Waals surface area contributed by atoms with Crippen molar-refractivity contribution in [2.75, 3.05) is 0 Å². The predicted molar refractivity (Wildman–Crippen MR) is 73.4 cm³/mol. The largest absolute Gasteiger partial charge is 0.438 e. The summed E-state index contributed by atoms with van der Waals surface area (Å²) in [6.07, 6.45) is 5.95. The zero-order valence-corrected chi connectivity index (χ0v) is 12.0. The van der Waals surface area contributed by atoms with Crippen LogP contribution in [0.2, 0.25) is 0 Å². The Morgan fingerprint density at radius 2 is 2.33 bits per heavy atom. The lowest BCUT2D eigenvalue weighted by molar-refractivity contribution is 0.0232. The first-order chi connectivity index (χ1) is 10.0. The molecule has 112 valence electrons. The Morgan fingerprint density at radius 1 is 1.57 bits per heavy atom. The summed E-state index contributed by atoms with van der Waals surface area (Å²) >= 11 is 0. The van der Waals surface area contributed by atoms with Gasteiger partial charge >= 0.3 is 0 Å². The molecule has 1 unspecified atom stereocenters. The minimum atomic E-state index is -0.291. The first-order valence-electron chi connectivity index (χ1n) is 6.92. The molecule has 0 saturated heterocycles. The van der Waals surface area contributed by atoms with Crippen molar-refractivity contribution >= 4 is 5.91 Å². The van der Waals surface area contributed by atoms with Crippen LogP contribution < -0.4 is 5.32 Å². The number of hydrogen-bond donors (Lipinski definition) is 2. The Bertz CT molecular complexity index is 642. The number of hydrogen-bond acceptors (Lipinski definition) is 5. The van der Waals surface area contributed by atoms with Crippen LogP contribution >= 0.6 is 0 Å². The second kappa shape index (κ2) is 5.33. The van der Waals surface area contributed by atoms with Gasteiger partial charge < -0.3 is 14.8 Å². The number of nitrogens with zero attached hydrogens (tertiary/aromatic N) is 3. The standard InChI is InChI=1S/C14H18N4O3/c1-8-13(21-7-15-8)14(20)17-12(9-3-11(19)4-9)10-5-16-18(2)6-10/h5-7,9,11-12,19H,3-4H2,1-2H3,(H,17,20). The van der Waals surface area contributed by atoms with E-state index in [1.807, 2.05) is 13.2 Å². The highest BCUT2D eigenvalue weighted by Gasteiger charge is 2.36. The number of amides is 1. The van der Waals surface area contributed by atoms with Gasteiger partial charge in [-0.15, -0.1) is 0 Å². The van der Waals surface area contributed by atoms with Crippen molar-refractivity contribution in [2.24, 2.45) is 13.0 Å². The van der Waals surface area contributed by atoms with Gasteiger partial charge in [-0.3, -0.25) is 9.48 Å². The summed E-state index contributed by atoms with van der Waals surface area (Å²) in [5.74, 6) is 0.139. The number of rotatable bonds is 4. The highest BCUT2D eigenvalue weighted by Crippen LogP contribution is 2.38. The van der Waals surface area contributed by atoms with E-state index in [4.69, 9.17) is 4.42 Å². The van der Waals surface area contributed by atoms with E-state index >= 15 is 0 Å². The van der Waals surface area contributed by atoms with Gasteiger partial charge in [0.25, 0.3) is 5.91 Å². The number of oxazole rings is 1. The minimum absolute atomic E-state index is 0.181.